The van der Waals surface area contributed by atoms with Crippen molar-refractivity contribution >= 4 is 27.3 Å². The molecule has 22 heavy (non-hydrogen) atoms. The van der Waals surface area contributed by atoms with Crippen LogP contribution in [0.2, 0.25) is 0 Å². The van der Waals surface area contributed by atoms with Crippen molar-refractivity contribution < 1.29 is 13.2 Å². The van der Waals surface area contributed by atoms with Crippen LogP contribution in [0.1, 0.15) is 25.6 Å². The van der Waals surface area contributed by atoms with Gasteiger partial charge in [0.2, 0.25) is 15.9 Å². The molecule has 1 aromatic heterocycles. The van der Waals surface area contributed by atoms with Gasteiger partial charge in [-0.3, -0.25) is 4.79 Å². The molecule has 0 atom stereocenters. The highest BCUT2D eigenvalue weighted by atomic mass is 32.2. The Morgan fingerprint density at radius 1 is 1.18 bits per heavy atom. The van der Waals surface area contributed by atoms with Crippen molar-refractivity contribution in [2.75, 3.05) is 26.7 Å². The quantitative estimate of drug-likeness (QED) is 0.611. The van der Waals surface area contributed by atoms with Crippen molar-refractivity contribution in [3.8, 4) is 0 Å². The summed E-state index contributed by atoms with van der Waals surface area (Å²) >= 11 is 1.23. The van der Waals surface area contributed by atoms with Crippen LogP contribution >= 0.6 is 11.3 Å². The fraction of sp³-hybridized carbons (Fsp3) is 0.643. The normalized spacial score (nSPS) is 12.4. The first kappa shape index (κ1) is 19.1. The van der Waals surface area contributed by atoms with Gasteiger partial charge in [0.25, 0.3) is 0 Å². The highest BCUT2D eigenvalue weighted by Gasteiger charge is 2.20. The second kappa shape index (κ2) is 8.05. The van der Waals surface area contributed by atoms with Crippen molar-refractivity contribution in [3.05, 3.63) is 17.0 Å². The van der Waals surface area contributed by atoms with Crippen LogP contribution in [0.3, 0.4) is 0 Å². The summed E-state index contributed by atoms with van der Waals surface area (Å²) in [5.41, 5.74) is -0.415. The number of hydrogen-bond acceptors (Lipinski definition) is 5. The molecule has 0 spiro atoms. The molecule has 0 saturated carbocycles. The molecule has 0 unspecified atom stereocenters. The monoisotopic (exact) mass is 347 g/mol. The van der Waals surface area contributed by atoms with Gasteiger partial charge in [0.15, 0.2) is 0 Å². The summed E-state index contributed by atoms with van der Waals surface area (Å²) in [5, 5.41) is 5.74. The molecule has 0 aromatic carbocycles. The third kappa shape index (κ3) is 6.04. The molecule has 0 saturated heterocycles. The van der Waals surface area contributed by atoms with Gasteiger partial charge in [-0.15, -0.1) is 11.3 Å². The Labute approximate surface area is 136 Å². The lowest BCUT2D eigenvalue weighted by molar-refractivity contribution is -0.128. The molecule has 0 bridgehead atoms. The Morgan fingerprint density at radius 2 is 1.86 bits per heavy atom. The number of nitrogens with one attached hydrogen (secondary N) is 3. The van der Waals surface area contributed by atoms with Crippen LogP contribution in [0.15, 0.2) is 16.3 Å². The van der Waals surface area contributed by atoms with E-state index in [2.05, 4.69) is 15.4 Å². The van der Waals surface area contributed by atoms with Crippen molar-refractivity contribution in [1.82, 2.24) is 15.4 Å². The lowest BCUT2D eigenvalue weighted by Gasteiger charge is -2.17. The van der Waals surface area contributed by atoms with Crippen molar-refractivity contribution in [2.45, 2.75) is 31.4 Å². The summed E-state index contributed by atoms with van der Waals surface area (Å²) in [5.74, 6) is -0.00867. The predicted molar refractivity (Wildman–Crippen MR) is 89.6 cm³/mol. The molecule has 0 aliphatic carbocycles. The van der Waals surface area contributed by atoms with Crippen molar-refractivity contribution in [3.63, 3.8) is 0 Å². The molecule has 1 aromatic rings. The molecule has 0 aliphatic rings. The summed E-state index contributed by atoms with van der Waals surface area (Å²) in [4.78, 5) is 12.7. The van der Waals surface area contributed by atoms with E-state index in [9.17, 15) is 13.2 Å². The first-order valence-electron chi connectivity index (χ1n) is 7.18. The van der Waals surface area contributed by atoms with Gasteiger partial charge in [-0.25, -0.2) is 13.1 Å². The first-order chi connectivity index (χ1) is 10.2. The van der Waals surface area contributed by atoms with E-state index < -0.39 is 15.4 Å². The molecular formula is C14H25N3O3S2. The van der Waals surface area contributed by atoms with Gasteiger partial charge in [0.05, 0.1) is 0 Å². The summed E-state index contributed by atoms with van der Waals surface area (Å²) in [6.07, 6.45) is 0.624. The van der Waals surface area contributed by atoms with Gasteiger partial charge in [-0.2, -0.15) is 0 Å². The van der Waals surface area contributed by atoms with Gasteiger partial charge < -0.3 is 10.6 Å². The zero-order valence-corrected chi connectivity index (χ0v) is 15.2. The van der Waals surface area contributed by atoms with Crippen LogP contribution < -0.4 is 15.4 Å². The van der Waals surface area contributed by atoms with Crippen molar-refractivity contribution in [1.29, 1.82) is 0 Å². The second-order valence-corrected chi connectivity index (χ2v) is 9.14. The molecule has 0 radical (unpaired) electrons. The van der Waals surface area contributed by atoms with Crippen LogP contribution in [0.25, 0.3) is 0 Å². The first-order valence-corrected chi connectivity index (χ1v) is 9.48. The maximum Gasteiger partial charge on any atom is 0.250 e. The third-order valence-electron chi connectivity index (χ3n) is 2.91. The molecule has 3 N–H and O–H groups in total. The molecule has 126 valence electrons. The van der Waals surface area contributed by atoms with E-state index in [0.29, 0.717) is 30.3 Å². The minimum absolute atomic E-state index is 0.00867. The predicted octanol–water partition coefficient (Wildman–Crippen LogP) is 0.951. The number of carbonyl (C=O) groups excluding carboxylic acids is 1. The van der Waals surface area contributed by atoms with Gasteiger partial charge in [0.1, 0.15) is 4.21 Å². The number of hydrogen-bond donors (Lipinski definition) is 3. The van der Waals surface area contributed by atoms with Crippen LogP contribution in [-0.4, -0.2) is 41.0 Å². The molecule has 1 amide bonds. The van der Waals surface area contributed by atoms with Crippen LogP contribution in [-0.2, 0) is 21.2 Å². The average molecular weight is 348 g/mol. The van der Waals surface area contributed by atoms with Crippen LogP contribution in [0, 0.1) is 5.41 Å². The van der Waals surface area contributed by atoms with Crippen molar-refractivity contribution in [2.24, 2.45) is 5.41 Å². The molecule has 6 nitrogen and oxygen atoms in total. The highest BCUT2D eigenvalue weighted by molar-refractivity contribution is 7.91. The maximum atomic E-state index is 12.0. The van der Waals surface area contributed by atoms with Crippen LogP contribution in [0.4, 0.5) is 0 Å². The minimum Gasteiger partial charge on any atom is -0.355 e. The topological polar surface area (TPSA) is 87.3 Å². The smallest absolute Gasteiger partial charge is 0.250 e. The van der Waals surface area contributed by atoms with Crippen LogP contribution in [0.5, 0.6) is 0 Å². The molecular weight excluding hydrogens is 322 g/mol. The Morgan fingerprint density at radius 3 is 2.45 bits per heavy atom. The van der Waals surface area contributed by atoms with Gasteiger partial charge >= 0.3 is 0 Å². The number of likely N-dealkylation sites (N-methyl/N-ethyl adjacent to an activating group) is 1. The van der Waals surface area contributed by atoms with Gasteiger partial charge in [-0.1, -0.05) is 20.8 Å². The summed E-state index contributed by atoms with van der Waals surface area (Å²) < 4.78 is 26.9. The SMILES string of the molecule is CNCCNS(=O)(=O)c1ccc(CCNC(=O)C(C)(C)C)s1. The lowest BCUT2D eigenvalue weighted by Crippen LogP contribution is -2.35. The van der Waals surface area contributed by atoms with E-state index in [-0.39, 0.29) is 5.91 Å². The number of sulfonamides is 1. The number of rotatable bonds is 8. The third-order valence-corrected chi connectivity index (χ3v) is 6.00. The fourth-order valence-corrected chi connectivity index (χ4v) is 4.01. The zero-order valence-electron chi connectivity index (χ0n) is 13.5. The minimum atomic E-state index is -3.44. The van der Waals surface area contributed by atoms with Gasteiger partial charge in [0, 0.05) is 29.9 Å². The Bertz CT molecular complexity index is 589. The summed E-state index contributed by atoms with van der Waals surface area (Å²) in [6, 6.07) is 3.40. The second-order valence-electron chi connectivity index (χ2n) is 5.98. The Hall–Kier alpha value is -0.960. The number of carbonyl (C=O) groups is 1. The lowest BCUT2D eigenvalue weighted by atomic mass is 9.96. The highest BCUT2D eigenvalue weighted by Crippen LogP contribution is 2.21. The molecule has 1 heterocycles. The largest absolute Gasteiger partial charge is 0.355 e. The molecule has 1 rings (SSSR count). The van der Waals surface area contributed by atoms with E-state index >= 15 is 0 Å². The van der Waals surface area contributed by atoms with E-state index in [1.54, 1.807) is 19.2 Å². The summed E-state index contributed by atoms with van der Waals surface area (Å²) in [6.45, 7) is 7.01. The Kier molecular flexibility index (Phi) is 6.98. The zero-order chi connectivity index (χ0) is 16.8. The van der Waals surface area contributed by atoms with E-state index in [0.717, 1.165) is 4.88 Å². The fourth-order valence-electron chi connectivity index (χ4n) is 1.58. The average Bonchev–Trinajstić information content (AvgIpc) is 2.87. The Balaban J connectivity index is 2.52. The van der Waals surface area contributed by atoms with E-state index in [4.69, 9.17) is 0 Å². The number of amides is 1. The molecule has 8 heteroatoms. The molecule has 0 fully saturated rings. The maximum absolute atomic E-state index is 12.0. The summed E-state index contributed by atoms with van der Waals surface area (Å²) in [7, 11) is -1.67. The van der Waals surface area contributed by atoms with Gasteiger partial charge in [-0.05, 0) is 25.6 Å². The standard InChI is InChI=1S/C14H25N3O3S2/c1-14(2,3)13(18)16-8-7-11-5-6-12(21-11)22(19,20)17-10-9-15-4/h5-6,15,17H,7-10H2,1-4H3,(H,16,18). The molecule has 0 aliphatic heterocycles. The van der Waals surface area contributed by atoms with E-state index in [1.165, 1.54) is 11.3 Å². The number of thiophene rings is 1. The van der Waals surface area contributed by atoms with E-state index in [1.807, 2.05) is 20.8 Å².